The van der Waals surface area contributed by atoms with Crippen molar-refractivity contribution in [3.63, 3.8) is 0 Å². The molecule has 1 aromatic rings. The summed E-state index contributed by atoms with van der Waals surface area (Å²) in [5.41, 5.74) is 2.43. The number of carbonyl (C=O) groups excluding carboxylic acids is 3. The molecule has 3 rings (SSSR count). The van der Waals surface area contributed by atoms with Gasteiger partial charge in [0.15, 0.2) is 0 Å². The third kappa shape index (κ3) is 5.69. The van der Waals surface area contributed by atoms with Crippen molar-refractivity contribution in [2.45, 2.75) is 64.5 Å². The maximum absolute atomic E-state index is 12.8. The van der Waals surface area contributed by atoms with Crippen LogP contribution in [0.2, 0.25) is 0 Å². The zero-order valence-corrected chi connectivity index (χ0v) is 20.5. The van der Waals surface area contributed by atoms with E-state index in [9.17, 15) is 19.2 Å². The molecule has 1 aromatic carbocycles. The Bertz CT molecular complexity index is 933. The molecule has 2 N–H and O–H groups in total. The normalized spacial score (nSPS) is 21.2. The van der Waals surface area contributed by atoms with E-state index in [1.165, 1.54) is 16.2 Å². The van der Waals surface area contributed by atoms with Crippen molar-refractivity contribution in [3.8, 4) is 0 Å². The quantitative estimate of drug-likeness (QED) is 0.647. The number of hydrogen-bond donors (Lipinski definition) is 2. The van der Waals surface area contributed by atoms with E-state index in [1.54, 1.807) is 4.90 Å². The van der Waals surface area contributed by atoms with E-state index >= 15 is 0 Å². The molecule has 0 saturated carbocycles. The van der Waals surface area contributed by atoms with Crippen LogP contribution in [0.25, 0.3) is 0 Å². The topological polar surface area (TPSA) is 110 Å². The van der Waals surface area contributed by atoms with Crippen LogP contribution in [-0.4, -0.2) is 83.4 Å². The van der Waals surface area contributed by atoms with Gasteiger partial charge in [-0.3, -0.25) is 14.4 Å². The first kappa shape index (κ1) is 25.5. The predicted molar refractivity (Wildman–Crippen MR) is 129 cm³/mol. The van der Waals surface area contributed by atoms with Crippen molar-refractivity contribution in [2.24, 2.45) is 0 Å². The van der Waals surface area contributed by atoms with Gasteiger partial charge in [0.2, 0.25) is 0 Å². The summed E-state index contributed by atoms with van der Waals surface area (Å²) in [6.45, 7) is 10.9. The number of likely N-dealkylation sites (tertiary alicyclic amines) is 1. The van der Waals surface area contributed by atoms with Crippen LogP contribution in [0.4, 0.5) is 5.69 Å². The molecular weight excluding hydrogens is 436 g/mol. The highest BCUT2D eigenvalue weighted by atomic mass is 16.4. The number of nitrogens with one attached hydrogen (secondary N) is 1. The SMILES string of the molecule is CCC1CC(NC(=O)C(=O)N2CCN(c3ccccc3C(C)(C)C)CC2)CCN1C(=O)C(=O)O. The van der Waals surface area contributed by atoms with Gasteiger partial charge in [0.1, 0.15) is 0 Å². The van der Waals surface area contributed by atoms with Crippen LogP contribution in [0.15, 0.2) is 24.3 Å². The van der Waals surface area contributed by atoms with Gasteiger partial charge in [0.25, 0.3) is 0 Å². The van der Waals surface area contributed by atoms with E-state index in [0.29, 0.717) is 45.4 Å². The molecule has 0 bridgehead atoms. The van der Waals surface area contributed by atoms with Crippen molar-refractivity contribution in [2.75, 3.05) is 37.6 Å². The number of piperidine rings is 1. The monoisotopic (exact) mass is 472 g/mol. The number of aliphatic carboxylic acids is 1. The number of rotatable bonds is 3. The molecule has 0 aliphatic carbocycles. The number of para-hydroxylation sites is 1. The smallest absolute Gasteiger partial charge is 0.394 e. The fourth-order valence-corrected chi connectivity index (χ4v) is 4.88. The maximum Gasteiger partial charge on any atom is 0.394 e. The predicted octanol–water partition coefficient (Wildman–Crippen LogP) is 1.60. The summed E-state index contributed by atoms with van der Waals surface area (Å²) in [4.78, 5) is 53.6. The molecule has 9 heteroatoms. The van der Waals surface area contributed by atoms with E-state index in [2.05, 4.69) is 43.1 Å². The van der Waals surface area contributed by atoms with E-state index in [-0.39, 0.29) is 24.0 Å². The number of benzene rings is 1. The Kier molecular flexibility index (Phi) is 7.84. The Hall–Kier alpha value is -3.10. The van der Waals surface area contributed by atoms with Gasteiger partial charge in [-0.2, -0.15) is 0 Å². The summed E-state index contributed by atoms with van der Waals surface area (Å²) in [5, 5.41) is 11.8. The standard InChI is InChI=1S/C25H36N4O5/c1-5-18-16-17(10-11-29(18)23(32)24(33)34)26-21(30)22(31)28-14-12-27(13-15-28)20-9-7-6-8-19(20)25(2,3)4/h6-9,17-18H,5,10-16H2,1-4H3,(H,26,30)(H,33,34). The lowest BCUT2D eigenvalue weighted by Gasteiger charge is -2.39. The second-order valence-corrected chi connectivity index (χ2v) is 10.1. The number of piperazine rings is 1. The second kappa shape index (κ2) is 10.4. The summed E-state index contributed by atoms with van der Waals surface area (Å²) in [6.07, 6.45) is 1.44. The number of anilines is 1. The van der Waals surface area contributed by atoms with Gasteiger partial charge in [-0.1, -0.05) is 45.9 Å². The van der Waals surface area contributed by atoms with Gasteiger partial charge in [0, 0.05) is 50.5 Å². The zero-order valence-electron chi connectivity index (χ0n) is 20.5. The van der Waals surface area contributed by atoms with Crippen molar-refractivity contribution < 1.29 is 24.3 Å². The molecular formula is C25H36N4O5. The van der Waals surface area contributed by atoms with Crippen LogP contribution in [-0.2, 0) is 24.6 Å². The Labute approximate surface area is 201 Å². The molecule has 2 heterocycles. The Morgan fingerprint density at radius 3 is 2.24 bits per heavy atom. The first-order valence-corrected chi connectivity index (χ1v) is 12.0. The lowest BCUT2D eigenvalue weighted by molar-refractivity contribution is -0.158. The van der Waals surface area contributed by atoms with Gasteiger partial charge < -0.3 is 25.1 Å². The van der Waals surface area contributed by atoms with Crippen molar-refractivity contribution in [1.82, 2.24) is 15.1 Å². The number of hydrogen-bond acceptors (Lipinski definition) is 5. The molecule has 2 atom stereocenters. The number of nitrogens with zero attached hydrogens (tertiary/aromatic N) is 3. The van der Waals surface area contributed by atoms with Gasteiger partial charge in [0.05, 0.1) is 0 Å². The fourth-order valence-electron chi connectivity index (χ4n) is 4.88. The van der Waals surface area contributed by atoms with Crippen LogP contribution in [0.3, 0.4) is 0 Å². The first-order chi connectivity index (χ1) is 16.0. The molecule has 3 amide bonds. The number of amides is 3. The highest BCUT2D eigenvalue weighted by Crippen LogP contribution is 2.32. The highest BCUT2D eigenvalue weighted by molar-refractivity contribution is 6.35. The van der Waals surface area contributed by atoms with E-state index in [4.69, 9.17) is 5.11 Å². The number of carbonyl (C=O) groups is 4. The van der Waals surface area contributed by atoms with Crippen LogP contribution in [0, 0.1) is 0 Å². The number of carboxylic acid groups (broad SMARTS) is 1. The summed E-state index contributed by atoms with van der Waals surface area (Å²) >= 11 is 0. The molecule has 34 heavy (non-hydrogen) atoms. The zero-order chi connectivity index (χ0) is 25.0. The lowest BCUT2D eigenvalue weighted by Crippen LogP contribution is -2.57. The summed E-state index contributed by atoms with van der Waals surface area (Å²) in [6, 6.07) is 7.77. The average Bonchev–Trinajstić information content (AvgIpc) is 2.82. The number of carboxylic acids is 1. The minimum absolute atomic E-state index is 0.00440. The van der Waals surface area contributed by atoms with Crippen molar-refractivity contribution >= 4 is 29.4 Å². The summed E-state index contributed by atoms with van der Waals surface area (Å²) in [5.74, 6) is -3.57. The highest BCUT2D eigenvalue weighted by Gasteiger charge is 2.35. The molecule has 2 aliphatic rings. The molecule has 2 unspecified atom stereocenters. The van der Waals surface area contributed by atoms with Crippen molar-refractivity contribution in [1.29, 1.82) is 0 Å². The Balaban J connectivity index is 1.55. The second-order valence-electron chi connectivity index (χ2n) is 10.1. The summed E-state index contributed by atoms with van der Waals surface area (Å²) < 4.78 is 0. The fraction of sp³-hybridized carbons (Fsp3) is 0.600. The van der Waals surface area contributed by atoms with Gasteiger partial charge in [-0.15, -0.1) is 0 Å². The minimum Gasteiger partial charge on any atom is -0.474 e. The molecule has 0 radical (unpaired) electrons. The third-order valence-electron chi connectivity index (χ3n) is 6.78. The van der Waals surface area contributed by atoms with Crippen LogP contribution >= 0.6 is 0 Å². The van der Waals surface area contributed by atoms with Crippen LogP contribution in [0.5, 0.6) is 0 Å². The van der Waals surface area contributed by atoms with E-state index in [1.807, 2.05) is 19.1 Å². The molecule has 9 nitrogen and oxygen atoms in total. The van der Waals surface area contributed by atoms with E-state index in [0.717, 1.165) is 0 Å². The van der Waals surface area contributed by atoms with Crippen LogP contribution < -0.4 is 10.2 Å². The molecule has 2 aliphatic heterocycles. The maximum atomic E-state index is 12.8. The van der Waals surface area contributed by atoms with Crippen LogP contribution in [0.1, 0.15) is 52.5 Å². The summed E-state index contributed by atoms with van der Waals surface area (Å²) in [7, 11) is 0. The molecule has 2 fully saturated rings. The molecule has 0 spiro atoms. The van der Waals surface area contributed by atoms with Crippen molar-refractivity contribution in [3.05, 3.63) is 29.8 Å². The minimum atomic E-state index is -1.47. The Morgan fingerprint density at radius 1 is 1.00 bits per heavy atom. The first-order valence-electron chi connectivity index (χ1n) is 12.0. The van der Waals surface area contributed by atoms with E-state index < -0.39 is 23.7 Å². The molecule has 186 valence electrons. The lowest BCUT2D eigenvalue weighted by atomic mass is 9.85. The van der Waals surface area contributed by atoms with Gasteiger partial charge in [-0.05, 0) is 36.3 Å². The third-order valence-corrected chi connectivity index (χ3v) is 6.78. The largest absolute Gasteiger partial charge is 0.474 e. The average molecular weight is 473 g/mol. The molecule has 2 saturated heterocycles. The van der Waals surface area contributed by atoms with Gasteiger partial charge in [-0.25, -0.2) is 4.79 Å². The van der Waals surface area contributed by atoms with Gasteiger partial charge >= 0.3 is 23.7 Å². The molecule has 0 aromatic heterocycles. The Morgan fingerprint density at radius 2 is 1.65 bits per heavy atom.